The summed E-state index contributed by atoms with van der Waals surface area (Å²) in [4.78, 5) is 20.5. The van der Waals surface area contributed by atoms with Gasteiger partial charge in [0.2, 0.25) is 0 Å². The van der Waals surface area contributed by atoms with E-state index >= 15 is 0 Å². The molecular weight excluding hydrogens is 254 g/mol. The van der Waals surface area contributed by atoms with E-state index in [1.807, 2.05) is 0 Å². The molecule has 2 atom stereocenters. The number of hydrogen-bond acceptors (Lipinski definition) is 5. The molecular formula is C14H21N5O. The van der Waals surface area contributed by atoms with E-state index < -0.39 is 5.91 Å². The molecule has 0 aromatic carbocycles. The molecule has 1 aromatic rings. The van der Waals surface area contributed by atoms with Crippen LogP contribution in [0.15, 0.2) is 6.20 Å². The summed E-state index contributed by atoms with van der Waals surface area (Å²) in [5, 5.41) is 6.76. The van der Waals surface area contributed by atoms with Gasteiger partial charge in [-0.3, -0.25) is 9.78 Å². The Hall–Kier alpha value is -1.53. The highest BCUT2D eigenvalue weighted by Gasteiger charge is 2.23. The van der Waals surface area contributed by atoms with Gasteiger partial charge in [-0.2, -0.15) is 0 Å². The molecule has 2 saturated heterocycles. The summed E-state index contributed by atoms with van der Waals surface area (Å²) < 4.78 is 0. The molecule has 0 bridgehead atoms. The van der Waals surface area contributed by atoms with Crippen molar-refractivity contribution in [3.63, 3.8) is 0 Å². The fraction of sp³-hybridized carbons (Fsp3) is 0.643. The molecule has 0 spiro atoms. The normalized spacial score (nSPS) is 26.0. The van der Waals surface area contributed by atoms with Gasteiger partial charge in [-0.05, 0) is 32.4 Å². The Morgan fingerprint density at radius 3 is 2.95 bits per heavy atom. The highest BCUT2D eigenvalue weighted by molar-refractivity contribution is 5.91. The van der Waals surface area contributed by atoms with Crippen molar-refractivity contribution in [3.05, 3.63) is 23.3 Å². The zero-order chi connectivity index (χ0) is 13.9. The predicted octanol–water partition coefficient (Wildman–Crippen LogP) is -0.0531. The molecule has 20 heavy (non-hydrogen) atoms. The number of nitrogens with two attached hydrogens (primary N) is 1. The number of amides is 1. The van der Waals surface area contributed by atoms with Crippen LogP contribution in [0.4, 0.5) is 0 Å². The molecule has 6 heteroatoms. The second-order valence-electron chi connectivity index (χ2n) is 5.64. The Morgan fingerprint density at radius 1 is 1.40 bits per heavy atom. The highest BCUT2D eigenvalue weighted by atomic mass is 16.1. The Labute approximate surface area is 118 Å². The summed E-state index contributed by atoms with van der Waals surface area (Å²) in [5.74, 6) is -0.0821. The monoisotopic (exact) mass is 275 g/mol. The second kappa shape index (κ2) is 5.85. The lowest BCUT2D eigenvalue weighted by Gasteiger charge is -2.14. The summed E-state index contributed by atoms with van der Waals surface area (Å²) in [6.45, 7) is 2.99. The van der Waals surface area contributed by atoms with Crippen LogP contribution >= 0.6 is 0 Å². The fourth-order valence-electron chi connectivity index (χ4n) is 3.06. The lowest BCUT2D eigenvalue weighted by Crippen LogP contribution is -2.27. The lowest BCUT2D eigenvalue weighted by molar-refractivity contribution is 0.0994. The van der Waals surface area contributed by atoms with Gasteiger partial charge >= 0.3 is 0 Å². The minimum absolute atomic E-state index is 0.327. The van der Waals surface area contributed by atoms with E-state index in [9.17, 15) is 4.79 Å². The van der Waals surface area contributed by atoms with Gasteiger partial charge in [-0.15, -0.1) is 0 Å². The summed E-state index contributed by atoms with van der Waals surface area (Å²) in [6.07, 6.45) is 5.82. The van der Waals surface area contributed by atoms with Gasteiger partial charge < -0.3 is 16.4 Å². The molecule has 2 aliphatic heterocycles. The minimum atomic E-state index is -0.485. The number of hydrogen-bond donors (Lipinski definition) is 3. The third kappa shape index (κ3) is 2.81. The molecule has 3 heterocycles. The standard InChI is InChI=1S/C14H21N5O/c15-14(20)13-11(6-10-2-1-4-17-10)19-12(8-18-13)9-3-5-16-7-9/h8-10,16-17H,1-7H2,(H2,15,20). The molecule has 3 rings (SSSR count). The zero-order valence-corrected chi connectivity index (χ0v) is 11.6. The van der Waals surface area contributed by atoms with Gasteiger partial charge in [0.25, 0.3) is 5.91 Å². The largest absolute Gasteiger partial charge is 0.364 e. The first kappa shape index (κ1) is 13.5. The van der Waals surface area contributed by atoms with Crippen molar-refractivity contribution in [2.45, 2.75) is 37.6 Å². The summed E-state index contributed by atoms with van der Waals surface area (Å²) in [6, 6.07) is 0.388. The third-order valence-electron chi connectivity index (χ3n) is 4.18. The smallest absolute Gasteiger partial charge is 0.269 e. The van der Waals surface area contributed by atoms with E-state index in [0.29, 0.717) is 17.7 Å². The van der Waals surface area contributed by atoms with Gasteiger partial charge in [-0.25, -0.2) is 4.98 Å². The second-order valence-corrected chi connectivity index (χ2v) is 5.64. The number of nitrogens with one attached hydrogen (secondary N) is 2. The first-order valence-corrected chi connectivity index (χ1v) is 7.34. The first-order chi connectivity index (χ1) is 9.74. The molecule has 2 fully saturated rings. The number of nitrogens with zero attached hydrogens (tertiary/aromatic N) is 2. The maximum Gasteiger partial charge on any atom is 0.269 e. The fourth-order valence-corrected chi connectivity index (χ4v) is 3.06. The van der Waals surface area contributed by atoms with Crippen LogP contribution in [0.1, 0.15) is 47.1 Å². The van der Waals surface area contributed by atoms with Gasteiger partial charge in [0.15, 0.2) is 0 Å². The van der Waals surface area contributed by atoms with E-state index in [0.717, 1.165) is 50.3 Å². The molecule has 2 unspecified atom stereocenters. The molecule has 6 nitrogen and oxygen atoms in total. The Kier molecular flexibility index (Phi) is 3.93. The van der Waals surface area contributed by atoms with Gasteiger partial charge in [0.1, 0.15) is 5.69 Å². The van der Waals surface area contributed by atoms with E-state index in [1.54, 1.807) is 6.20 Å². The molecule has 0 radical (unpaired) electrons. The van der Waals surface area contributed by atoms with Crippen LogP contribution in [0.25, 0.3) is 0 Å². The zero-order valence-electron chi connectivity index (χ0n) is 11.6. The number of primary amides is 1. The summed E-state index contributed by atoms with van der Waals surface area (Å²) >= 11 is 0. The van der Waals surface area contributed by atoms with Crippen LogP contribution < -0.4 is 16.4 Å². The van der Waals surface area contributed by atoms with Gasteiger partial charge in [0, 0.05) is 31.1 Å². The topological polar surface area (TPSA) is 92.9 Å². The van der Waals surface area contributed by atoms with Crippen molar-refractivity contribution in [2.24, 2.45) is 5.73 Å². The highest BCUT2D eigenvalue weighted by Crippen LogP contribution is 2.21. The summed E-state index contributed by atoms with van der Waals surface area (Å²) in [7, 11) is 0. The van der Waals surface area contributed by atoms with Gasteiger partial charge in [-0.1, -0.05) is 0 Å². The van der Waals surface area contributed by atoms with Gasteiger partial charge in [0.05, 0.1) is 11.4 Å². The maximum atomic E-state index is 11.5. The van der Waals surface area contributed by atoms with Crippen molar-refractivity contribution in [1.29, 1.82) is 0 Å². The van der Waals surface area contributed by atoms with Crippen molar-refractivity contribution in [2.75, 3.05) is 19.6 Å². The number of carbonyl (C=O) groups is 1. The van der Waals surface area contributed by atoms with E-state index in [4.69, 9.17) is 10.7 Å². The van der Waals surface area contributed by atoms with Crippen LogP contribution in [-0.2, 0) is 6.42 Å². The van der Waals surface area contributed by atoms with Crippen LogP contribution in [0, 0.1) is 0 Å². The Morgan fingerprint density at radius 2 is 2.30 bits per heavy atom. The van der Waals surface area contributed by atoms with E-state index in [-0.39, 0.29) is 0 Å². The molecule has 0 saturated carbocycles. The number of aromatic nitrogens is 2. The molecule has 0 aliphatic carbocycles. The quantitative estimate of drug-likeness (QED) is 0.716. The van der Waals surface area contributed by atoms with E-state index in [1.165, 1.54) is 6.42 Å². The van der Waals surface area contributed by atoms with Crippen LogP contribution in [-0.4, -0.2) is 41.6 Å². The first-order valence-electron chi connectivity index (χ1n) is 7.34. The Bertz CT molecular complexity index is 492. The van der Waals surface area contributed by atoms with Crippen LogP contribution in [0.5, 0.6) is 0 Å². The third-order valence-corrected chi connectivity index (χ3v) is 4.18. The average Bonchev–Trinajstić information content (AvgIpc) is 3.11. The average molecular weight is 275 g/mol. The lowest BCUT2D eigenvalue weighted by atomic mass is 10.0. The van der Waals surface area contributed by atoms with Crippen molar-refractivity contribution in [1.82, 2.24) is 20.6 Å². The maximum absolute atomic E-state index is 11.5. The predicted molar refractivity (Wildman–Crippen MR) is 75.5 cm³/mol. The SMILES string of the molecule is NC(=O)c1ncc(C2CCNC2)nc1CC1CCCN1. The number of carbonyl (C=O) groups excluding carboxylic acids is 1. The van der Waals surface area contributed by atoms with Crippen LogP contribution in [0.3, 0.4) is 0 Å². The van der Waals surface area contributed by atoms with Crippen molar-refractivity contribution < 1.29 is 4.79 Å². The molecule has 4 N–H and O–H groups in total. The van der Waals surface area contributed by atoms with Crippen molar-refractivity contribution in [3.8, 4) is 0 Å². The minimum Gasteiger partial charge on any atom is -0.364 e. The molecule has 1 amide bonds. The molecule has 2 aliphatic rings. The van der Waals surface area contributed by atoms with Crippen molar-refractivity contribution >= 4 is 5.91 Å². The molecule has 1 aromatic heterocycles. The molecule has 108 valence electrons. The summed E-state index contributed by atoms with van der Waals surface area (Å²) in [5.41, 5.74) is 7.48. The number of rotatable bonds is 4. The van der Waals surface area contributed by atoms with Crippen LogP contribution in [0.2, 0.25) is 0 Å². The van der Waals surface area contributed by atoms with E-state index in [2.05, 4.69) is 15.6 Å². The Balaban J connectivity index is 1.85.